The lowest BCUT2D eigenvalue weighted by atomic mass is 10.2. The van der Waals surface area contributed by atoms with Crippen molar-refractivity contribution < 1.29 is 0 Å². The second kappa shape index (κ2) is 16.2. The molecule has 0 amide bonds. The van der Waals surface area contributed by atoms with Crippen LogP contribution in [0.2, 0.25) is 0 Å². The average Bonchev–Trinajstić information content (AvgIpc) is 4.20. The molecule has 320 valence electrons. The van der Waals surface area contributed by atoms with E-state index in [-0.39, 0.29) is 0 Å². The number of rotatable bonds is 0. The molecule has 0 bridgehead atoms. The number of hydrogen-bond donors (Lipinski definition) is 0. The van der Waals surface area contributed by atoms with Crippen LogP contribution in [-0.2, 0) is 0 Å². The molecular formula is C60H40N8. The smallest absolute Gasteiger partial charge is 0.145 e. The standard InChI is InChI=1S/4C15H10N2/c4*1-2-6-12-11(5-1)9-10-17-14-8-4-3-7-13(14)16-15(12)17/h4*1-10H. The van der Waals surface area contributed by atoms with E-state index in [1.807, 2.05) is 48.5 Å². The van der Waals surface area contributed by atoms with E-state index in [2.05, 4.69) is 212 Å². The van der Waals surface area contributed by atoms with E-state index in [0.717, 1.165) is 66.7 Å². The summed E-state index contributed by atoms with van der Waals surface area (Å²) in [5.41, 5.74) is 12.9. The van der Waals surface area contributed by atoms with Gasteiger partial charge in [-0.05, 0) is 94.3 Å². The highest BCUT2D eigenvalue weighted by Gasteiger charge is 2.10. The molecule has 0 atom stereocenters. The Bertz CT molecular complexity index is 3950. The summed E-state index contributed by atoms with van der Waals surface area (Å²) in [6.45, 7) is 0. The highest BCUT2D eigenvalue weighted by Crippen LogP contribution is 2.27. The predicted octanol–water partition coefficient (Wildman–Crippen LogP) is 14.6. The van der Waals surface area contributed by atoms with Crippen LogP contribution in [0.1, 0.15) is 0 Å². The van der Waals surface area contributed by atoms with Gasteiger partial charge in [-0.1, -0.05) is 146 Å². The molecule has 8 heteroatoms. The van der Waals surface area contributed by atoms with Crippen LogP contribution < -0.4 is 0 Å². The van der Waals surface area contributed by atoms with Gasteiger partial charge >= 0.3 is 0 Å². The van der Waals surface area contributed by atoms with Crippen LogP contribution in [0.3, 0.4) is 0 Å². The third kappa shape index (κ3) is 6.62. The Morgan fingerprint density at radius 3 is 0.662 bits per heavy atom. The molecule has 8 nitrogen and oxygen atoms in total. The van der Waals surface area contributed by atoms with Crippen molar-refractivity contribution in [2.45, 2.75) is 0 Å². The van der Waals surface area contributed by atoms with Crippen molar-refractivity contribution in [1.82, 2.24) is 37.5 Å². The van der Waals surface area contributed by atoms with Gasteiger partial charge in [0.05, 0.1) is 44.1 Å². The Kier molecular flexibility index (Phi) is 9.31. The van der Waals surface area contributed by atoms with Crippen LogP contribution in [0.5, 0.6) is 0 Å². The monoisotopic (exact) mass is 872 g/mol. The minimum Gasteiger partial charge on any atom is -0.299 e. The zero-order chi connectivity index (χ0) is 45.0. The number of para-hydroxylation sites is 8. The van der Waals surface area contributed by atoms with Crippen LogP contribution in [0.15, 0.2) is 243 Å². The minimum absolute atomic E-state index is 1.03. The molecule has 0 saturated carbocycles. The van der Waals surface area contributed by atoms with Gasteiger partial charge in [0.25, 0.3) is 0 Å². The molecule has 8 aromatic carbocycles. The Morgan fingerprint density at radius 2 is 0.412 bits per heavy atom. The van der Waals surface area contributed by atoms with Gasteiger partial charge in [0.1, 0.15) is 22.6 Å². The molecule has 0 spiro atoms. The molecule has 0 aliphatic heterocycles. The van der Waals surface area contributed by atoms with Crippen LogP contribution >= 0.6 is 0 Å². The van der Waals surface area contributed by atoms with Crippen molar-refractivity contribution in [2.24, 2.45) is 0 Å². The lowest BCUT2D eigenvalue weighted by Gasteiger charge is -2.00. The molecule has 0 N–H and O–H groups in total. The molecule has 0 aliphatic rings. The fourth-order valence-electron chi connectivity index (χ4n) is 9.54. The van der Waals surface area contributed by atoms with Crippen molar-refractivity contribution in [3.63, 3.8) is 0 Å². The highest BCUT2D eigenvalue weighted by molar-refractivity contribution is 6.01. The van der Waals surface area contributed by atoms with Crippen LogP contribution in [0.4, 0.5) is 0 Å². The van der Waals surface area contributed by atoms with Crippen molar-refractivity contribution >= 4 is 110 Å². The fraction of sp³-hybridized carbons (Fsp3) is 0. The zero-order valence-electron chi connectivity index (χ0n) is 36.7. The molecule has 0 saturated heterocycles. The van der Waals surface area contributed by atoms with Gasteiger partial charge in [0.2, 0.25) is 0 Å². The average molecular weight is 873 g/mol. The molecule has 0 fully saturated rings. The number of nitrogens with zero attached hydrogens (tertiary/aromatic N) is 8. The van der Waals surface area contributed by atoms with Gasteiger partial charge in [0, 0.05) is 46.3 Å². The molecule has 8 heterocycles. The van der Waals surface area contributed by atoms with Gasteiger partial charge in [-0.3, -0.25) is 17.6 Å². The SMILES string of the molecule is c1ccc2c(c1)ccn1c3ccccc3nc21.c1ccc2c(c1)ccn1c3ccccc3nc21.c1ccc2c(c1)ccn1c3ccccc3nc21.c1ccc2c(c1)ccn1c3ccccc3nc21. The first-order valence-corrected chi connectivity index (χ1v) is 22.7. The lowest BCUT2D eigenvalue weighted by molar-refractivity contribution is 1.25. The van der Waals surface area contributed by atoms with E-state index in [0.29, 0.717) is 0 Å². The van der Waals surface area contributed by atoms with Crippen molar-refractivity contribution in [1.29, 1.82) is 0 Å². The molecule has 0 unspecified atom stereocenters. The minimum atomic E-state index is 1.03. The van der Waals surface area contributed by atoms with Gasteiger partial charge in [0.15, 0.2) is 0 Å². The topological polar surface area (TPSA) is 69.2 Å². The molecule has 0 aliphatic carbocycles. The zero-order valence-corrected chi connectivity index (χ0v) is 36.7. The van der Waals surface area contributed by atoms with Gasteiger partial charge in [-0.2, -0.15) is 0 Å². The third-order valence-corrected chi connectivity index (χ3v) is 12.8. The highest BCUT2D eigenvalue weighted by atomic mass is 15.0. The van der Waals surface area contributed by atoms with E-state index in [1.54, 1.807) is 0 Å². The molecule has 0 radical (unpaired) electrons. The first kappa shape index (κ1) is 39.0. The molecular weight excluding hydrogens is 833 g/mol. The summed E-state index contributed by atoms with van der Waals surface area (Å²) in [6.07, 6.45) is 8.36. The number of hydrogen-bond acceptors (Lipinski definition) is 4. The number of aromatic nitrogens is 8. The summed E-state index contributed by atoms with van der Waals surface area (Å²) in [6, 6.07) is 74.9. The molecule has 68 heavy (non-hydrogen) atoms. The van der Waals surface area contributed by atoms with Crippen LogP contribution in [0, 0.1) is 0 Å². The van der Waals surface area contributed by atoms with E-state index in [1.165, 1.54) is 43.1 Å². The van der Waals surface area contributed by atoms with E-state index < -0.39 is 0 Å². The normalized spacial score (nSPS) is 11.5. The Hall–Kier alpha value is -9.40. The maximum atomic E-state index is 4.71. The second-order valence-electron chi connectivity index (χ2n) is 16.8. The van der Waals surface area contributed by atoms with Crippen molar-refractivity contribution in [2.75, 3.05) is 0 Å². The quantitative estimate of drug-likeness (QED) is 0.152. The summed E-state index contributed by atoms with van der Waals surface area (Å²) >= 11 is 0. The number of benzene rings is 8. The lowest BCUT2D eigenvalue weighted by Crippen LogP contribution is -1.84. The van der Waals surface area contributed by atoms with Crippen LogP contribution in [-0.4, -0.2) is 37.5 Å². The Morgan fingerprint density at radius 1 is 0.206 bits per heavy atom. The fourth-order valence-corrected chi connectivity index (χ4v) is 9.54. The summed E-state index contributed by atoms with van der Waals surface area (Å²) in [7, 11) is 0. The summed E-state index contributed by atoms with van der Waals surface area (Å²) in [5, 5.41) is 9.73. The van der Waals surface area contributed by atoms with Gasteiger partial charge < -0.3 is 0 Å². The second-order valence-corrected chi connectivity index (χ2v) is 16.8. The Labute approximate surface area is 388 Å². The molecule has 16 aromatic rings. The maximum absolute atomic E-state index is 4.71. The first-order chi connectivity index (χ1) is 33.7. The predicted molar refractivity (Wildman–Crippen MR) is 281 cm³/mol. The largest absolute Gasteiger partial charge is 0.299 e. The van der Waals surface area contributed by atoms with E-state index in [9.17, 15) is 0 Å². The number of pyridine rings is 4. The van der Waals surface area contributed by atoms with Gasteiger partial charge in [-0.15, -0.1) is 0 Å². The molecule has 8 aromatic heterocycles. The summed E-state index contributed by atoms with van der Waals surface area (Å²) in [5.74, 6) is 0. The Balaban J connectivity index is 0.0000000896. The van der Waals surface area contributed by atoms with E-state index in [4.69, 9.17) is 19.9 Å². The van der Waals surface area contributed by atoms with E-state index >= 15 is 0 Å². The third-order valence-electron chi connectivity index (χ3n) is 12.8. The van der Waals surface area contributed by atoms with Crippen molar-refractivity contribution in [3.8, 4) is 0 Å². The van der Waals surface area contributed by atoms with Crippen LogP contribution in [0.25, 0.3) is 110 Å². The molecule has 16 rings (SSSR count). The number of imidazole rings is 4. The first-order valence-electron chi connectivity index (χ1n) is 22.7. The number of fused-ring (bicyclic) bond motifs is 20. The van der Waals surface area contributed by atoms with Gasteiger partial charge in [-0.25, -0.2) is 19.9 Å². The summed E-state index contributed by atoms with van der Waals surface area (Å²) < 4.78 is 8.60. The summed E-state index contributed by atoms with van der Waals surface area (Å²) in [4.78, 5) is 18.8. The van der Waals surface area contributed by atoms with Crippen molar-refractivity contribution in [3.05, 3.63) is 243 Å². The maximum Gasteiger partial charge on any atom is 0.145 e.